The molecule has 0 fully saturated rings. The van der Waals surface area contributed by atoms with Crippen LogP contribution in [-0.4, -0.2) is 25.8 Å². The molecule has 1 aromatic carbocycles. The Kier molecular flexibility index (Phi) is 4.96. The Morgan fingerprint density at radius 1 is 1.43 bits per heavy atom. The van der Waals surface area contributed by atoms with Gasteiger partial charge in [0.1, 0.15) is 0 Å². The molecule has 0 aromatic heterocycles. The molecule has 2 N–H and O–H groups in total. The van der Waals surface area contributed by atoms with E-state index in [1.165, 1.54) is 22.5 Å². The number of fused-ring (bicyclic) bond motifs is 1. The molecule has 1 aliphatic heterocycles. The SMILES string of the molecule is CC(CC#N)N(C)S(=O)(=O)NCc1ccc2c(c1)CNC2. The summed E-state index contributed by atoms with van der Waals surface area (Å²) >= 11 is 0. The maximum absolute atomic E-state index is 12.1. The number of nitriles is 1. The summed E-state index contributed by atoms with van der Waals surface area (Å²) in [5, 5.41) is 11.9. The van der Waals surface area contributed by atoms with Gasteiger partial charge in [0.25, 0.3) is 10.2 Å². The van der Waals surface area contributed by atoms with Gasteiger partial charge in [-0.1, -0.05) is 18.2 Å². The summed E-state index contributed by atoms with van der Waals surface area (Å²) in [7, 11) is -2.09. The molecular weight excluding hydrogens is 288 g/mol. The normalized spacial score (nSPS) is 15.7. The van der Waals surface area contributed by atoms with E-state index in [2.05, 4.69) is 10.0 Å². The van der Waals surface area contributed by atoms with E-state index in [4.69, 9.17) is 5.26 Å². The van der Waals surface area contributed by atoms with E-state index < -0.39 is 10.2 Å². The Labute approximate surface area is 125 Å². The van der Waals surface area contributed by atoms with E-state index >= 15 is 0 Å². The number of nitrogens with one attached hydrogen (secondary N) is 2. The molecule has 6 nitrogen and oxygen atoms in total. The van der Waals surface area contributed by atoms with E-state index in [0.29, 0.717) is 0 Å². The Morgan fingerprint density at radius 3 is 2.86 bits per heavy atom. The number of nitrogens with zero attached hydrogens (tertiary/aromatic N) is 2. The van der Waals surface area contributed by atoms with Crippen LogP contribution in [0.5, 0.6) is 0 Å². The Morgan fingerprint density at radius 2 is 2.14 bits per heavy atom. The fraction of sp³-hybridized carbons (Fsp3) is 0.500. The first-order valence-electron chi connectivity index (χ1n) is 6.85. The van der Waals surface area contributed by atoms with E-state index in [1.54, 1.807) is 6.92 Å². The summed E-state index contributed by atoms with van der Waals surface area (Å²) in [6.07, 6.45) is 0.169. The second-order valence-corrected chi connectivity index (χ2v) is 7.08. The monoisotopic (exact) mass is 308 g/mol. The van der Waals surface area contributed by atoms with Crippen molar-refractivity contribution in [1.29, 1.82) is 5.26 Å². The molecule has 1 aliphatic rings. The maximum atomic E-state index is 12.1. The van der Waals surface area contributed by atoms with Gasteiger partial charge in [-0.15, -0.1) is 0 Å². The topological polar surface area (TPSA) is 85.2 Å². The highest BCUT2D eigenvalue weighted by molar-refractivity contribution is 7.87. The lowest BCUT2D eigenvalue weighted by atomic mass is 10.1. The van der Waals surface area contributed by atoms with Crippen LogP contribution in [0.15, 0.2) is 18.2 Å². The van der Waals surface area contributed by atoms with E-state index in [1.807, 2.05) is 24.3 Å². The molecule has 114 valence electrons. The summed E-state index contributed by atoms with van der Waals surface area (Å²) in [6.45, 7) is 3.66. The van der Waals surface area contributed by atoms with Crippen LogP contribution in [0, 0.1) is 11.3 Å². The van der Waals surface area contributed by atoms with Crippen LogP contribution in [0.3, 0.4) is 0 Å². The summed E-state index contributed by atoms with van der Waals surface area (Å²) in [5.41, 5.74) is 3.42. The van der Waals surface area contributed by atoms with Crippen molar-refractivity contribution in [1.82, 2.24) is 14.3 Å². The first-order chi connectivity index (χ1) is 9.94. The van der Waals surface area contributed by atoms with Crippen molar-refractivity contribution in [2.24, 2.45) is 0 Å². The molecule has 7 heteroatoms. The zero-order valence-corrected chi connectivity index (χ0v) is 13.1. The highest BCUT2D eigenvalue weighted by Crippen LogP contribution is 2.17. The molecule has 0 bridgehead atoms. The number of hydrogen-bond donors (Lipinski definition) is 2. The molecule has 1 heterocycles. The van der Waals surface area contributed by atoms with Gasteiger partial charge in [0, 0.05) is 32.7 Å². The molecule has 21 heavy (non-hydrogen) atoms. The smallest absolute Gasteiger partial charge is 0.279 e. The first kappa shape index (κ1) is 15.9. The molecule has 2 rings (SSSR count). The fourth-order valence-corrected chi connectivity index (χ4v) is 3.33. The van der Waals surface area contributed by atoms with Crippen molar-refractivity contribution in [2.45, 2.75) is 39.0 Å². The van der Waals surface area contributed by atoms with Crippen molar-refractivity contribution in [3.63, 3.8) is 0 Å². The number of rotatable bonds is 6. The highest BCUT2D eigenvalue weighted by atomic mass is 32.2. The third-order valence-electron chi connectivity index (χ3n) is 3.75. The Hall–Kier alpha value is -1.46. The van der Waals surface area contributed by atoms with Crippen molar-refractivity contribution >= 4 is 10.2 Å². The van der Waals surface area contributed by atoms with Crippen LogP contribution in [-0.2, 0) is 29.8 Å². The Balaban J connectivity index is 2.00. The molecule has 0 amide bonds. The van der Waals surface area contributed by atoms with Crippen LogP contribution in [0.2, 0.25) is 0 Å². The molecular formula is C14H20N4O2S. The zero-order chi connectivity index (χ0) is 15.5. The third-order valence-corrected chi connectivity index (χ3v) is 5.37. The second-order valence-electron chi connectivity index (χ2n) is 5.26. The predicted octanol–water partition coefficient (Wildman–Crippen LogP) is 0.858. The second kappa shape index (κ2) is 6.54. The minimum absolute atomic E-state index is 0.169. The molecule has 1 unspecified atom stereocenters. The third kappa shape index (κ3) is 3.80. The van der Waals surface area contributed by atoms with Gasteiger partial charge in [0.15, 0.2) is 0 Å². The molecule has 0 radical (unpaired) electrons. The van der Waals surface area contributed by atoms with E-state index in [-0.39, 0.29) is 19.0 Å². The first-order valence-corrected chi connectivity index (χ1v) is 8.29. The van der Waals surface area contributed by atoms with Gasteiger partial charge in [-0.25, -0.2) is 0 Å². The molecule has 0 saturated carbocycles. The number of hydrogen-bond acceptors (Lipinski definition) is 4. The largest absolute Gasteiger partial charge is 0.309 e. The van der Waals surface area contributed by atoms with E-state index in [0.717, 1.165) is 18.7 Å². The van der Waals surface area contributed by atoms with Gasteiger partial charge in [-0.05, 0) is 23.6 Å². The van der Waals surface area contributed by atoms with Crippen LogP contribution in [0.25, 0.3) is 0 Å². The standard InChI is InChI=1S/C14H20N4O2S/c1-11(5-6-15)18(2)21(19,20)17-8-12-3-4-13-9-16-10-14(13)7-12/h3-4,7,11,16-17H,5,8-10H2,1-2H3. The lowest BCUT2D eigenvalue weighted by Crippen LogP contribution is -2.42. The minimum Gasteiger partial charge on any atom is -0.309 e. The quantitative estimate of drug-likeness (QED) is 0.816. The zero-order valence-electron chi connectivity index (χ0n) is 12.3. The van der Waals surface area contributed by atoms with Gasteiger partial charge in [-0.2, -0.15) is 22.7 Å². The van der Waals surface area contributed by atoms with Gasteiger partial charge in [0.2, 0.25) is 0 Å². The highest BCUT2D eigenvalue weighted by Gasteiger charge is 2.22. The average molecular weight is 308 g/mol. The van der Waals surface area contributed by atoms with Gasteiger partial charge >= 0.3 is 0 Å². The minimum atomic E-state index is -3.58. The molecule has 0 aliphatic carbocycles. The van der Waals surface area contributed by atoms with Crippen LogP contribution in [0.1, 0.15) is 30.0 Å². The van der Waals surface area contributed by atoms with E-state index in [9.17, 15) is 8.42 Å². The lowest BCUT2D eigenvalue weighted by Gasteiger charge is -2.22. The summed E-state index contributed by atoms with van der Waals surface area (Å²) in [5.74, 6) is 0. The maximum Gasteiger partial charge on any atom is 0.279 e. The molecule has 1 atom stereocenters. The van der Waals surface area contributed by atoms with Gasteiger partial charge in [0.05, 0.1) is 12.5 Å². The molecule has 0 spiro atoms. The predicted molar refractivity (Wildman–Crippen MR) is 80.2 cm³/mol. The van der Waals surface area contributed by atoms with Crippen LogP contribution < -0.4 is 10.0 Å². The summed E-state index contributed by atoms with van der Waals surface area (Å²) in [6, 6.07) is 7.62. The summed E-state index contributed by atoms with van der Waals surface area (Å²) in [4.78, 5) is 0. The number of benzene rings is 1. The molecule has 1 aromatic rings. The van der Waals surface area contributed by atoms with Gasteiger partial charge < -0.3 is 5.32 Å². The molecule has 0 saturated heterocycles. The summed E-state index contributed by atoms with van der Waals surface area (Å²) < 4.78 is 28.1. The van der Waals surface area contributed by atoms with Crippen molar-refractivity contribution < 1.29 is 8.42 Å². The van der Waals surface area contributed by atoms with Crippen LogP contribution >= 0.6 is 0 Å². The lowest BCUT2D eigenvalue weighted by molar-refractivity contribution is 0.386. The van der Waals surface area contributed by atoms with Crippen molar-refractivity contribution in [2.75, 3.05) is 7.05 Å². The van der Waals surface area contributed by atoms with Crippen molar-refractivity contribution in [3.05, 3.63) is 34.9 Å². The Bertz CT molecular complexity index is 651. The fourth-order valence-electron chi connectivity index (χ4n) is 2.23. The van der Waals surface area contributed by atoms with Crippen molar-refractivity contribution in [3.8, 4) is 6.07 Å². The van der Waals surface area contributed by atoms with Gasteiger partial charge in [-0.3, -0.25) is 0 Å². The van der Waals surface area contributed by atoms with Crippen LogP contribution in [0.4, 0.5) is 0 Å². The average Bonchev–Trinajstić information content (AvgIpc) is 2.92.